The van der Waals surface area contributed by atoms with E-state index in [2.05, 4.69) is 5.32 Å². The summed E-state index contributed by atoms with van der Waals surface area (Å²) >= 11 is 0. The minimum absolute atomic E-state index is 0.246. The first-order valence-electron chi connectivity index (χ1n) is 7.11. The van der Waals surface area contributed by atoms with Gasteiger partial charge in [0.15, 0.2) is 0 Å². The fraction of sp³-hybridized carbons (Fsp3) is 0.200. The van der Waals surface area contributed by atoms with Crippen molar-refractivity contribution in [3.63, 3.8) is 0 Å². The van der Waals surface area contributed by atoms with Crippen molar-refractivity contribution in [1.29, 1.82) is 0 Å². The molecule has 9 heteroatoms. The Kier molecular flexibility index (Phi) is 3.98. The van der Waals surface area contributed by atoms with Gasteiger partial charge in [0.1, 0.15) is 5.82 Å². The number of fused-ring (bicyclic) bond motifs is 1. The number of nitrogens with two attached hydrogens (primary N) is 1. The number of halogens is 1. The number of rotatable bonds is 4. The topological polar surface area (TPSA) is 115 Å². The van der Waals surface area contributed by atoms with Crippen LogP contribution in [0.1, 0.15) is 23.6 Å². The fourth-order valence-electron chi connectivity index (χ4n) is 2.86. The van der Waals surface area contributed by atoms with Crippen molar-refractivity contribution < 1.29 is 17.7 Å². The summed E-state index contributed by atoms with van der Waals surface area (Å²) in [5.74, 6) is -0.369. The molecule has 0 saturated carbocycles. The van der Waals surface area contributed by atoms with Crippen molar-refractivity contribution >= 4 is 21.4 Å². The van der Waals surface area contributed by atoms with E-state index in [0.29, 0.717) is 6.42 Å². The Bertz CT molecular complexity index is 930. The summed E-state index contributed by atoms with van der Waals surface area (Å²) in [6, 6.07) is 7.61. The maximum atomic E-state index is 13.5. The maximum absolute atomic E-state index is 13.5. The lowest BCUT2D eigenvalue weighted by Gasteiger charge is -2.16. The number of nitrogens with one attached hydrogen (secondary N) is 1. The van der Waals surface area contributed by atoms with Crippen LogP contribution in [0.15, 0.2) is 41.3 Å². The van der Waals surface area contributed by atoms with E-state index >= 15 is 0 Å². The third-order valence-electron chi connectivity index (χ3n) is 3.96. The second kappa shape index (κ2) is 5.84. The maximum Gasteiger partial charge on any atom is 0.272 e. The zero-order valence-electron chi connectivity index (χ0n) is 12.4. The Morgan fingerprint density at radius 2 is 2.00 bits per heavy atom. The molecule has 1 aliphatic carbocycles. The molecule has 1 aliphatic rings. The second-order valence-corrected chi connectivity index (χ2v) is 7.16. The molecule has 0 aliphatic heterocycles. The Balaban J connectivity index is 1.98. The quantitative estimate of drug-likeness (QED) is 0.648. The van der Waals surface area contributed by atoms with Gasteiger partial charge >= 0.3 is 0 Å². The van der Waals surface area contributed by atoms with Gasteiger partial charge in [-0.3, -0.25) is 10.1 Å². The van der Waals surface area contributed by atoms with Crippen LogP contribution in [0.4, 0.5) is 15.8 Å². The lowest BCUT2D eigenvalue weighted by atomic mass is 10.1. The third kappa shape index (κ3) is 3.22. The lowest BCUT2D eigenvalue weighted by Crippen LogP contribution is -2.14. The fourth-order valence-corrected chi connectivity index (χ4v) is 3.44. The summed E-state index contributed by atoms with van der Waals surface area (Å²) in [7, 11) is -4.09. The summed E-state index contributed by atoms with van der Waals surface area (Å²) in [6.45, 7) is 0. The van der Waals surface area contributed by atoms with Crippen LogP contribution >= 0.6 is 0 Å². The smallest absolute Gasteiger partial charge is 0.272 e. The van der Waals surface area contributed by atoms with E-state index in [1.165, 1.54) is 24.3 Å². The molecule has 0 aromatic heterocycles. The Morgan fingerprint density at radius 3 is 2.67 bits per heavy atom. The number of nitro groups is 1. The molecule has 3 rings (SSSR count). The summed E-state index contributed by atoms with van der Waals surface area (Å²) in [5.41, 5.74) is 1.61. The molecular weight excluding hydrogens is 337 g/mol. The number of benzene rings is 2. The Labute approximate surface area is 137 Å². The lowest BCUT2D eigenvalue weighted by molar-refractivity contribution is -0.385. The molecule has 0 heterocycles. The first kappa shape index (κ1) is 16.3. The Hall–Kier alpha value is -2.52. The van der Waals surface area contributed by atoms with Gasteiger partial charge in [-0.15, -0.1) is 0 Å². The molecule has 2 aromatic carbocycles. The highest BCUT2D eigenvalue weighted by atomic mass is 32.2. The number of sulfonamides is 1. The molecule has 0 saturated heterocycles. The van der Waals surface area contributed by atoms with E-state index in [4.69, 9.17) is 5.14 Å². The van der Waals surface area contributed by atoms with Crippen LogP contribution in [-0.2, 0) is 16.4 Å². The van der Waals surface area contributed by atoms with E-state index < -0.39 is 14.9 Å². The van der Waals surface area contributed by atoms with Crippen LogP contribution in [0.2, 0.25) is 0 Å². The average molecular weight is 351 g/mol. The summed E-state index contributed by atoms with van der Waals surface area (Å²) < 4.78 is 36.5. The molecule has 24 heavy (non-hydrogen) atoms. The molecule has 126 valence electrons. The predicted molar refractivity (Wildman–Crippen MR) is 85.6 cm³/mol. The van der Waals surface area contributed by atoms with Crippen molar-refractivity contribution in [2.45, 2.75) is 23.8 Å². The third-order valence-corrected chi connectivity index (χ3v) is 4.85. The zero-order chi connectivity index (χ0) is 17.5. The van der Waals surface area contributed by atoms with E-state index in [1.54, 1.807) is 6.07 Å². The number of aryl methyl sites for hydroxylation is 1. The van der Waals surface area contributed by atoms with Gasteiger partial charge in [0.05, 0.1) is 15.9 Å². The molecular formula is C15H14FN3O4S. The largest absolute Gasteiger partial charge is 0.378 e. The zero-order valence-corrected chi connectivity index (χ0v) is 13.2. The standard InChI is InChI=1S/C15H14FN3O4S/c16-10-3-1-9-2-4-15(14(9)5-10)18-11-6-12(19(20)21)8-13(7-11)24(17,22)23/h1,3,5-8,15,18H,2,4H2,(H2,17,22,23). The molecule has 0 bridgehead atoms. The monoisotopic (exact) mass is 351 g/mol. The molecule has 0 radical (unpaired) electrons. The van der Waals surface area contributed by atoms with Crippen LogP contribution in [0.3, 0.4) is 0 Å². The molecule has 0 spiro atoms. The Morgan fingerprint density at radius 1 is 1.25 bits per heavy atom. The van der Waals surface area contributed by atoms with E-state index in [-0.39, 0.29) is 28.1 Å². The van der Waals surface area contributed by atoms with Gasteiger partial charge in [-0.1, -0.05) is 6.07 Å². The van der Waals surface area contributed by atoms with E-state index in [1.807, 2.05) is 0 Å². The molecule has 1 unspecified atom stereocenters. The van der Waals surface area contributed by atoms with Gasteiger partial charge in [0.2, 0.25) is 10.0 Å². The number of nitrogens with zero attached hydrogens (tertiary/aromatic N) is 1. The van der Waals surface area contributed by atoms with E-state index in [9.17, 15) is 22.9 Å². The van der Waals surface area contributed by atoms with E-state index in [0.717, 1.165) is 23.6 Å². The van der Waals surface area contributed by atoms with Crippen molar-refractivity contribution in [2.75, 3.05) is 5.32 Å². The van der Waals surface area contributed by atoms with Gasteiger partial charge in [0.25, 0.3) is 5.69 Å². The van der Waals surface area contributed by atoms with Gasteiger partial charge in [0, 0.05) is 17.8 Å². The highest BCUT2D eigenvalue weighted by Crippen LogP contribution is 2.35. The molecule has 1 atom stereocenters. The highest BCUT2D eigenvalue weighted by molar-refractivity contribution is 7.89. The van der Waals surface area contributed by atoms with Crippen molar-refractivity contribution in [2.24, 2.45) is 5.14 Å². The van der Waals surface area contributed by atoms with Gasteiger partial charge in [-0.05, 0) is 42.2 Å². The number of anilines is 1. The van der Waals surface area contributed by atoms with Crippen molar-refractivity contribution in [3.05, 3.63) is 63.5 Å². The molecule has 0 amide bonds. The second-order valence-electron chi connectivity index (χ2n) is 5.60. The van der Waals surface area contributed by atoms with Crippen molar-refractivity contribution in [3.8, 4) is 0 Å². The summed E-state index contributed by atoms with van der Waals surface area (Å²) in [6.07, 6.45) is 1.41. The van der Waals surface area contributed by atoms with Gasteiger partial charge in [-0.2, -0.15) is 0 Å². The predicted octanol–water partition coefficient (Wildman–Crippen LogP) is 2.48. The number of hydrogen-bond donors (Lipinski definition) is 2. The normalized spacial score (nSPS) is 16.7. The summed E-state index contributed by atoms with van der Waals surface area (Å²) in [5, 5.41) is 19.1. The number of hydrogen-bond acceptors (Lipinski definition) is 5. The van der Waals surface area contributed by atoms with Crippen molar-refractivity contribution in [1.82, 2.24) is 0 Å². The highest BCUT2D eigenvalue weighted by Gasteiger charge is 2.24. The van der Waals surface area contributed by atoms with Gasteiger partial charge in [-0.25, -0.2) is 17.9 Å². The number of primary sulfonamides is 1. The summed E-state index contributed by atoms with van der Waals surface area (Å²) in [4.78, 5) is 9.96. The minimum atomic E-state index is -4.09. The average Bonchev–Trinajstić information content (AvgIpc) is 2.88. The minimum Gasteiger partial charge on any atom is -0.378 e. The van der Waals surface area contributed by atoms with Crippen LogP contribution in [0.25, 0.3) is 0 Å². The molecule has 3 N–H and O–H groups in total. The SMILES string of the molecule is NS(=O)(=O)c1cc(NC2CCc3ccc(F)cc32)cc([N+](=O)[O-])c1. The van der Waals surface area contributed by atoms with Crippen LogP contribution in [0, 0.1) is 15.9 Å². The van der Waals surface area contributed by atoms with Crippen LogP contribution < -0.4 is 10.5 Å². The van der Waals surface area contributed by atoms with Gasteiger partial charge < -0.3 is 5.32 Å². The molecule has 7 nitrogen and oxygen atoms in total. The molecule has 2 aromatic rings. The number of non-ortho nitro benzene ring substituents is 1. The number of nitro benzene ring substituents is 1. The van der Waals surface area contributed by atoms with Crippen LogP contribution in [0.5, 0.6) is 0 Å². The first-order chi connectivity index (χ1) is 11.2. The first-order valence-corrected chi connectivity index (χ1v) is 8.66. The van der Waals surface area contributed by atoms with Crippen LogP contribution in [-0.4, -0.2) is 13.3 Å². The molecule has 0 fully saturated rings.